The van der Waals surface area contributed by atoms with Crippen LogP contribution in [-0.2, 0) is 0 Å². The number of halogens is 2. The highest BCUT2D eigenvalue weighted by Crippen LogP contribution is 2.42. The van der Waals surface area contributed by atoms with E-state index in [0.29, 0.717) is 10.0 Å². The average molecular weight is 287 g/mol. The fourth-order valence-corrected chi connectivity index (χ4v) is 3.09. The number of hydrogen-bond acceptors (Lipinski definition) is 0. The monoisotopic (exact) mass is 286 g/mol. The first kappa shape index (κ1) is 12.5. The predicted octanol–water partition coefficient (Wildman–Crippen LogP) is 6.12. The highest BCUT2D eigenvalue weighted by molar-refractivity contribution is 6.47. The molecule has 0 aliphatic rings. The molecule has 3 aromatic carbocycles. The normalized spacial score (nSPS) is 10.9. The van der Waals surface area contributed by atoms with Gasteiger partial charge in [0.15, 0.2) is 0 Å². The molecule has 19 heavy (non-hydrogen) atoms. The topological polar surface area (TPSA) is 0 Å². The van der Waals surface area contributed by atoms with Crippen LogP contribution >= 0.6 is 23.2 Å². The average Bonchev–Trinajstić information content (AvgIpc) is 2.46. The van der Waals surface area contributed by atoms with Gasteiger partial charge in [-0.05, 0) is 23.4 Å². The van der Waals surface area contributed by atoms with Crippen molar-refractivity contribution in [1.82, 2.24) is 0 Å². The molecule has 0 aliphatic carbocycles. The summed E-state index contributed by atoms with van der Waals surface area (Å²) in [6, 6.07) is 18.2. The van der Waals surface area contributed by atoms with Crippen molar-refractivity contribution in [1.29, 1.82) is 0 Å². The molecule has 3 rings (SSSR count). The lowest BCUT2D eigenvalue weighted by Gasteiger charge is -2.14. The van der Waals surface area contributed by atoms with Gasteiger partial charge in [0, 0.05) is 10.9 Å². The Kier molecular flexibility index (Phi) is 3.22. The van der Waals surface area contributed by atoms with Gasteiger partial charge < -0.3 is 0 Å². The molecule has 2 heteroatoms. The molecule has 0 aromatic heterocycles. The van der Waals surface area contributed by atoms with Crippen molar-refractivity contribution in [3.8, 4) is 11.1 Å². The standard InChI is InChI=1S/C17H12Cl2/c1-11-13-9-5-6-10-14(13)16(18)17(19)15(11)12-7-3-2-4-8-12/h2-10H,1H3. The van der Waals surface area contributed by atoms with Crippen LogP contribution in [0.3, 0.4) is 0 Å². The van der Waals surface area contributed by atoms with Crippen LogP contribution in [0, 0.1) is 6.92 Å². The second-order valence-electron chi connectivity index (χ2n) is 4.54. The molecule has 0 saturated carbocycles. The van der Waals surface area contributed by atoms with Gasteiger partial charge in [0.25, 0.3) is 0 Å². The van der Waals surface area contributed by atoms with E-state index in [2.05, 4.69) is 25.1 Å². The summed E-state index contributed by atoms with van der Waals surface area (Å²) in [5, 5.41) is 3.41. The van der Waals surface area contributed by atoms with Gasteiger partial charge in [0.05, 0.1) is 10.0 Å². The molecular formula is C17H12Cl2. The first-order valence-corrected chi connectivity index (χ1v) is 6.87. The van der Waals surface area contributed by atoms with Gasteiger partial charge in [-0.3, -0.25) is 0 Å². The van der Waals surface area contributed by atoms with Gasteiger partial charge in [-0.2, -0.15) is 0 Å². The highest BCUT2D eigenvalue weighted by atomic mass is 35.5. The zero-order valence-electron chi connectivity index (χ0n) is 10.5. The predicted molar refractivity (Wildman–Crippen MR) is 84.1 cm³/mol. The molecule has 3 aromatic rings. The second-order valence-corrected chi connectivity index (χ2v) is 5.30. The van der Waals surface area contributed by atoms with Crippen molar-refractivity contribution in [3.63, 3.8) is 0 Å². The van der Waals surface area contributed by atoms with Crippen molar-refractivity contribution >= 4 is 34.0 Å². The summed E-state index contributed by atoms with van der Waals surface area (Å²) in [5.74, 6) is 0. The molecule has 0 N–H and O–H groups in total. The Morgan fingerprint density at radius 2 is 1.26 bits per heavy atom. The maximum atomic E-state index is 6.48. The molecule has 94 valence electrons. The van der Waals surface area contributed by atoms with Gasteiger partial charge in [0.2, 0.25) is 0 Å². The Hall–Kier alpha value is -1.50. The molecule has 0 fully saturated rings. The Balaban J connectivity index is 2.44. The largest absolute Gasteiger partial charge is 0.0820 e. The molecule has 0 radical (unpaired) electrons. The van der Waals surface area contributed by atoms with Crippen molar-refractivity contribution in [2.24, 2.45) is 0 Å². The zero-order valence-corrected chi connectivity index (χ0v) is 12.0. The molecule has 0 aliphatic heterocycles. The summed E-state index contributed by atoms with van der Waals surface area (Å²) in [5.41, 5.74) is 3.28. The van der Waals surface area contributed by atoms with E-state index in [9.17, 15) is 0 Å². The van der Waals surface area contributed by atoms with E-state index >= 15 is 0 Å². The van der Waals surface area contributed by atoms with Crippen molar-refractivity contribution < 1.29 is 0 Å². The van der Waals surface area contributed by atoms with Crippen LogP contribution in [0.4, 0.5) is 0 Å². The third-order valence-corrected chi connectivity index (χ3v) is 4.28. The van der Waals surface area contributed by atoms with Crippen LogP contribution in [-0.4, -0.2) is 0 Å². The molecule has 0 spiro atoms. The minimum Gasteiger partial charge on any atom is -0.0820 e. The molecule has 0 bridgehead atoms. The van der Waals surface area contributed by atoms with Crippen molar-refractivity contribution in [2.75, 3.05) is 0 Å². The van der Waals surface area contributed by atoms with Crippen molar-refractivity contribution in [2.45, 2.75) is 6.92 Å². The van der Waals surface area contributed by atoms with E-state index in [0.717, 1.165) is 27.5 Å². The fraction of sp³-hybridized carbons (Fsp3) is 0.0588. The Morgan fingerprint density at radius 1 is 0.684 bits per heavy atom. The van der Waals surface area contributed by atoms with E-state index in [1.165, 1.54) is 0 Å². The lowest BCUT2D eigenvalue weighted by molar-refractivity contribution is 1.50. The summed E-state index contributed by atoms with van der Waals surface area (Å²) in [6.07, 6.45) is 0. The Bertz CT molecular complexity index is 746. The van der Waals surface area contributed by atoms with E-state index in [1.807, 2.05) is 36.4 Å². The number of fused-ring (bicyclic) bond motifs is 1. The summed E-state index contributed by atoms with van der Waals surface area (Å²) < 4.78 is 0. The van der Waals surface area contributed by atoms with Gasteiger partial charge in [-0.15, -0.1) is 0 Å². The van der Waals surface area contributed by atoms with Crippen molar-refractivity contribution in [3.05, 3.63) is 70.2 Å². The molecule has 0 unspecified atom stereocenters. The van der Waals surface area contributed by atoms with Gasteiger partial charge in [-0.25, -0.2) is 0 Å². The van der Waals surface area contributed by atoms with E-state index in [-0.39, 0.29) is 0 Å². The first-order chi connectivity index (χ1) is 9.20. The number of rotatable bonds is 1. The highest BCUT2D eigenvalue weighted by Gasteiger charge is 2.15. The minimum atomic E-state index is 0.627. The third-order valence-electron chi connectivity index (χ3n) is 3.42. The van der Waals surface area contributed by atoms with E-state index < -0.39 is 0 Å². The fourth-order valence-electron chi connectivity index (χ4n) is 2.48. The maximum Gasteiger partial charge on any atom is 0.0679 e. The Labute approximate surface area is 122 Å². The lowest BCUT2D eigenvalue weighted by Crippen LogP contribution is -1.89. The van der Waals surface area contributed by atoms with E-state index in [1.54, 1.807) is 0 Å². The molecule has 0 heterocycles. The second kappa shape index (κ2) is 4.88. The maximum absolute atomic E-state index is 6.48. The van der Waals surface area contributed by atoms with Crippen LogP contribution in [0.25, 0.3) is 21.9 Å². The number of hydrogen-bond donors (Lipinski definition) is 0. The van der Waals surface area contributed by atoms with Gasteiger partial charge in [0.1, 0.15) is 0 Å². The lowest BCUT2D eigenvalue weighted by atomic mass is 9.95. The molecule has 0 nitrogen and oxygen atoms in total. The van der Waals surface area contributed by atoms with Crippen LogP contribution in [0.1, 0.15) is 5.56 Å². The van der Waals surface area contributed by atoms with E-state index in [4.69, 9.17) is 23.2 Å². The quantitative estimate of drug-likeness (QED) is 0.505. The molecule has 0 atom stereocenters. The van der Waals surface area contributed by atoms with Crippen LogP contribution in [0.15, 0.2) is 54.6 Å². The molecular weight excluding hydrogens is 275 g/mol. The summed E-state index contributed by atoms with van der Waals surface area (Å²) in [7, 11) is 0. The third kappa shape index (κ3) is 2.01. The van der Waals surface area contributed by atoms with Gasteiger partial charge in [-0.1, -0.05) is 77.8 Å². The molecule has 0 amide bonds. The minimum absolute atomic E-state index is 0.627. The SMILES string of the molecule is Cc1c(-c2ccccc2)c(Cl)c(Cl)c2ccccc12. The summed E-state index contributed by atoms with van der Waals surface area (Å²) >= 11 is 12.9. The van der Waals surface area contributed by atoms with Crippen LogP contribution in [0.2, 0.25) is 10.0 Å². The van der Waals surface area contributed by atoms with Gasteiger partial charge >= 0.3 is 0 Å². The Morgan fingerprint density at radius 3 is 1.95 bits per heavy atom. The first-order valence-electron chi connectivity index (χ1n) is 6.12. The number of aryl methyl sites for hydroxylation is 1. The summed E-state index contributed by atoms with van der Waals surface area (Å²) in [4.78, 5) is 0. The smallest absolute Gasteiger partial charge is 0.0679 e. The summed E-state index contributed by atoms with van der Waals surface area (Å²) in [6.45, 7) is 2.09. The van der Waals surface area contributed by atoms with Crippen LogP contribution in [0.5, 0.6) is 0 Å². The number of benzene rings is 3. The van der Waals surface area contributed by atoms with Crippen LogP contribution < -0.4 is 0 Å². The molecule has 0 saturated heterocycles. The zero-order chi connectivity index (χ0) is 13.4.